The van der Waals surface area contributed by atoms with Crippen molar-refractivity contribution in [3.8, 4) is 0 Å². The van der Waals surface area contributed by atoms with Crippen LogP contribution in [0.3, 0.4) is 0 Å². The van der Waals surface area contributed by atoms with Gasteiger partial charge in [-0.15, -0.1) is 0 Å². The standard InChI is InChI=1S/C26H23N3O4/c1-17-10-11-21-22(14-17)26(33)29(25(21)32)13-12-23(30)27-16-18-6-5-7-19(15-18)24(31)28-20-8-3-2-4-9-20/h2-11,14-15H,12-13,16H2,1H3,(H,27,30)(H,28,31). The Balaban J connectivity index is 1.30. The zero-order valence-electron chi connectivity index (χ0n) is 18.1. The largest absolute Gasteiger partial charge is 0.352 e. The highest BCUT2D eigenvalue weighted by Gasteiger charge is 2.35. The molecule has 0 aliphatic carbocycles. The zero-order chi connectivity index (χ0) is 23.4. The smallest absolute Gasteiger partial charge is 0.261 e. The summed E-state index contributed by atoms with van der Waals surface area (Å²) in [4.78, 5) is 50.9. The molecule has 0 saturated carbocycles. The van der Waals surface area contributed by atoms with Crippen LogP contribution in [0.2, 0.25) is 0 Å². The van der Waals surface area contributed by atoms with E-state index in [4.69, 9.17) is 0 Å². The summed E-state index contributed by atoms with van der Waals surface area (Å²) in [6, 6.07) is 21.3. The number of fused-ring (bicyclic) bond motifs is 1. The Labute approximate surface area is 191 Å². The second-order valence-electron chi connectivity index (χ2n) is 7.86. The van der Waals surface area contributed by atoms with E-state index in [0.717, 1.165) is 16.0 Å². The van der Waals surface area contributed by atoms with Gasteiger partial charge in [-0.25, -0.2) is 0 Å². The van der Waals surface area contributed by atoms with Crippen LogP contribution >= 0.6 is 0 Å². The average molecular weight is 441 g/mol. The quantitative estimate of drug-likeness (QED) is 0.548. The lowest BCUT2D eigenvalue weighted by Gasteiger charge is -2.13. The highest BCUT2D eigenvalue weighted by Crippen LogP contribution is 2.24. The molecule has 7 nitrogen and oxygen atoms in total. The van der Waals surface area contributed by atoms with Crippen molar-refractivity contribution < 1.29 is 19.2 Å². The molecule has 4 amide bonds. The average Bonchev–Trinajstić information content (AvgIpc) is 3.06. The Kier molecular flexibility index (Phi) is 6.31. The second-order valence-corrected chi connectivity index (χ2v) is 7.86. The third-order valence-corrected chi connectivity index (χ3v) is 5.40. The number of anilines is 1. The van der Waals surface area contributed by atoms with E-state index < -0.39 is 0 Å². The molecule has 0 spiro atoms. The number of carbonyl (C=O) groups is 4. The zero-order valence-corrected chi connectivity index (χ0v) is 18.1. The van der Waals surface area contributed by atoms with Gasteiger partial charge in [0.1, 0.15) is 0 Å². The molecular weight excluding hydrogens is 418 g/mol. The van der Waals surface area contributed by atoms with Gasteiger partial charge in [0, 0.05) is 30.8 Å². The van der Waals surface area contributed by atoms with Crippen LogP contribution in [-0.2, 0) is 11.3 Å². The molecule has 0 fully saturated rings. The summed E-state index contributed by atoms with van der Waals surface area (Å²) in [5, 5.41) is 5.60. The summed E-state index contributed by atoms with van der Waals surface area (Å²) < 4.78 is 0. The van der Waals surface area contributed by atoms with Crippen LogP contribution in [0, 0.1) is 6.92 Å². The van der Waals surface area contributed by atoms with Crippen LogP contribution in [0.15, 0.2) is 72.8 Å². The molecule has 0 aromatic heterocycles. The molecule has 166 valence electrons. The highest BCUT2D eigenvalue weighted by atomic mass is 16.2. The molecule has 0 unspecified atom stereocenters. The van der Waals surface area contributed by atoms with Crippen LogP contribution < -0.4 is 10.6 Å². The molecule has 33 heavy (non-hydrogen) atoms. The van der Waals surface area contributed by atoms with E-state index in [9.17, 15) is 19.2 Å². The van der Waals surface area contributed by atoms with Gasteiger partial charge in [-0.2, -0.15) is 0 Å². The molecular formula is C26H23N3O4. The Morgan fingerprint density at radius 2 is 1.61 bits per heavy atom. The van der Waals surface area contributed by atoms with Gasteiger partial charge in [0.25, 0.3) is 17.7 Å². The van der Waals surface area contributed by atoms with Gasteiger partial charge in [-0.1, -0.05) is 42.0 Å². The van der Waals surface area contributed by atoms with Crippen LogP contribution in [0.1, 0.15) is 48.6 Å². The molecule has 7 heteroatoms. The predicted molar refractivity (Wildman–Crippen MR) is 124 cm³/mol. The van der Waals surface area contributed by atoms with E-state index in [-0.39, 0.29) is 43.1 Å². The lowest BCUT2D eigenvalue weighted by atomic mass is 10.1. The minimum atomic E-state index is -0.375. The first-order valence-electron chi connectivity index (χ1n) is 10.6. The van der Waals surface area contributed by atoms with Gasteiger partial charge < -0.3 is 10.6 Å². The molecule has 1 aliphatic rings. The second kappa shape index (κ2) is 9.48. The first-order valence-corrected chi connectivity index (χ1v) is 10.6. The van der Waals surface area contributed by atoms with E-state index in [1.807, 2.05) is 31.2 Å². The van der Waals surface area contributed by atoms with Gasteiger partial charge in [0.2, 0.25) is 5.91 Å². The molecule has 3 aromatic carbocycles. The minimum Gasteiger partial charge on any atom is -0.352 e. The first-order chi connectivity index (χ1) is 15.9. The lowest BCUT2D eigenvalue weighted by Crippen LogP contribution is -2.34. The fraction of sp³-hybridized carbons (Fsp3) is 0.154. The van der Waals surface area contributed by atoms with E-state index in [1.54, 1.807) is 48.5 Å². The maximum absolute atomic E-state index is 12.5. The van der Waals surface area contributed by atoms with E-state index >= 15 is 0 Å². The van der Waals surface area contributed by atoms with Gasteiger partial charge in [0.05, 0.1) is 11.1 Å². The maximum Gasteiger partial charge on any atom is 0.261 e. The molecule has 4 rings (SSSR count). The monoisotopic (exact) mass is 441 g/mol. The minimum absolute atomic E-state index is 0.00135. The number of hydrogen-bond acceptors (Lipinski definition) is 4. The summed E-state index contributed by atoms with van der Waals surface area (Å²) >= 11 is 0. The van der Waals surface area contributed by atoms with Crippen molar-refractivity contribution >= 4 is 29.3 Å². The fourth-order valence-electron chi connectivity index (χ4n) is 3.66. The predicted octanol–water partition coefficient (Wildman–Crippen LogP) is 3.55. The topological polar surface area (TPSA) is 95.6 Å². The first kappa shape index (κ1) is 22.0. The summed E-state index contributed by atoms with van der Waals surface area (Å²) in [6.45, 7) is 2.10. The number of benzene rings is 3. The Morgan fingerprint density at radius 1 is 0.848 bits per heavy atom. The molecule has 0 saturated heterocycles. The molecule has 1 aliphatic heterocycles. The number of imide groups is 1. The molecule has 0 bridgehead atoms. The summed E-state index contributed by atoms with van der Waals surface area (Å²) in [5.41, 5.74) is 3.59. The highest BCUT2D eigenvalue weighted by molar-refractivity contribution is 6.21. The Morgan fingerprint density at radius 3 is 2.39 bits per heavy atom. The lowest BCUT2D eigenvalue weighted by molar-refractivity contribution is -0.121. The molecule has 1 heterocycles. The van der Waals surface area contributed by atoms with Gasteiger partial charge in [-0.3, -0.25) is 24.1 Å². The van der Waals surface area contributed by atoms with E-state index in [2.05, 4.69) is 10.6 Å². The van der Waals surface area contributed by atoms with Crippen molar-refractivity contribution in [3.05, 3.63) is 101 Å². The third kappa shape index (κ3) is 4.98. The molecule has 0 radical (unpaired) electrons. The fourth-order valence-corrected chi connectivity index (χ4v) is 3.66. The summed E-state index contributed by atoms with van der Waals surface area (Å²) in [6.07, 6.45) is -0.00135. The number of nitrogens with one attached hydrogen (secondary N) is 2. The van der Waals surface area contributed by atoms with Crippen molar-refractivity contribution in [2.24, 2.45) is 0 Å². The number of para-hydroxylation sites is 1. The number of carbonyl (C=O) groups excluding carboxylic acids is 4. The van der Waals surface area contributed by atoms with Crippen molar-refractivity contribution in [2.75, 3.05) is 11.9 Å². The SMILES string of the molecule is Cc1ccc2c(c1)C(=O)N(CCC(=O)NCc1cccc(C(=O)Nc3ccccc3)c1)C2=O. The van der Waals surface area contributed by atoms with E-state index in [1.165, 1.54) is 0 Å². The van der Waals surface area contributed by atoms with Gasteiger partial charge in [0.15, 0.2) is 0 Å². The van der Waals surface area contributed by atoms with Crippen LogP contribution in [0.25, 0.3) is 0 Å². The van der Waals surface area contributed by atoms with Gasteiger partial charge in [-0.05, 0) is 48.9 Å². The number of nitrogens with zero attached hydrogens (tertiary/aromatic N) is 1. The number of rotatable bonds is 7. The van der Waals surface area contributed by atoms with Crippen molar-refractivity contribution in [1.29, 1.82) is 0 Å². The Hall–Kier alpha value is -4.26. The van der Waals surface area contributed by atoms with Crippen LogP contribution in [0.4, 0.5) is 5.69 Å². The normalized spacial score (nSPS) is 12.5. The molecule has 3 aromatic rings. The van der Waals surface area contributed by atoms with Crippen LogP contribution in [0.5, 0.6) is 0 Å². The van der Waals surface area contributed by atoms with Crippen molar-refractivity contribution in [2.45, 2.75) is 19.9 Å². The summed E-state index contributed by atoms with van der Waals surface area (Å²) in [5.74, 6) is -1.28. The van der Waals surface area contributed by atoms with E-state index in [0.29, 0.717) is 22.4 Å². The Bertz CT molecular complexity index is 1240. The van der Waals surface area contributed by atoms with Crippen LogP contribution in [-0.4, -0.2) is 35.1 Å². The van der Waals surface area contributed by atoms with Crippen molar-refractivity contribution in [3.63, 3.8) is 0 Å². The molecule has 0 atom stereocenters. The summed E-state index contributed by atoms with van der Waals surface area (Å²) in [7, 11) is 0. The maximum atomic E-state index is 12.5. The number of hydrogen-bond donors (Lipinski definition) is 2. The number of aryl methyl sites for hydroxylation is 1. The molecule has 2 N–H and O–H groups in total. The number of amides is 4. The third-order valence-electron chi connectivity index (χ3n) is 5.40. The van der Waals surface area contributed by atoms with Crippen molar-refractivity contribution in [1.82, 2.24) is 10.2 Å². The van der Waals surface area contributed by atoms with Gasteiger partial charge >= 0.3 is 0 Å².